The highest BCUT2D eigenvalue weighted by atomic mass is 16.5. The summed E-state index contributed by atoms with van der Waals surface area (Å²) in [6, 6.07) is 4.48. The number of benzene rings is 1. The molecule has 0 aromatic heterocycles. The quantitative estimate of drug-likeness (QED) is 0.216. The molecule has 0 spiro atoms. The average Bonchev–Trinajstić information content (AvgIpc) is 2.77. The van der Waals surface area contributed by atoms with Crippen LogP contribution in [0.1, 0.15) is 39.7 Å². The minimum atomic E-state index is -1.14. The molecule has 0 bridgehead atoms. The highest BCUT2D eigenvalue weighted by Crippen LogP contribution is 2.15. The molecule has 11 heteroatoms. The van der Waals surface area contributed by atoms with Gasteiger partial charge in [-0.05, 0) is 44.9 Å². The fourth-order valence-corrected chi connectivity index (χ4v) is 2.73. The van der Waals surface area contributed by atoms with Crippen molar-refractivity contribution in [1.82, 2.24) is 16.0 Å². The summed E-state index contributed by atoms with van der Waals surface area (Å²) in [5.41, 5.74) is 12.0. The molecule has 0 heterocycles. The van der Waals surface area contributed by atoms with Gasteiger partial charge in [-0.15, -0.1) is 0 Å². The number of ketones is 1. The van der Waals surface area contributed by atoms with Crippen molar-refractivity contribution in [2.75, 3.05) is 13.2 Å². The van der Waals surface area contributed by atoms with Crippen LogP contribution >= 0.6 is 0 Å². The molecule has 188 valence electrons. The number of Topliss-reactive ketones (excluding diaryl/α,β-unsaturated/α-hetero) is 1. The maximum absolute atomic E-state index is 12.1. The first-order chi connectivity index (χ1) is 15.9. The number of nitrogens with two attached hydrogens (primary N) is 2. The summed E-state index contributed by atoms with van der Waals surface area (Å²) in [5, 5.41) is 7.51. The summed E-state index contributed by atoms with van der Waals surface area (Å²) in [6.07, 6.45) is 0.275. The van der Waals surface area contributed by atoms with E-state index in [1.165, 1.54) is 20.8 Å². The largest absolute Gasteiger partial charge is 0.492 e. The van der Waals surface area contributed by atoms with Crippen molar-refractivity contribution in [1.29, 1.82) is 0 Å². The second kappa shape index (κ2) is 13.9. The van der Waals surface area contributed by atoms with E-state index in [9.17, 15) is 24.0 Å². The number of ether oxygens (including phenoxy) is 1. The standard InChI is InChI=1S/C23H35N5O6/c1-13(21(25)31)11-17-5-7-18(8-6-17)34-10-9-26-20(30)12-19(24)23(33)28-15(3)22(32)27-14(2)16(4)29/h5-8,13-15,19H,9-12,24H2,1-4H3,(H2,25,31)(H,26,30)(H,27,32)(H,28,33)/t13-,14+,15-,19-/m0/s1. The smallest absolute Gasteiger partial charge is 0.242 e. The number of hydrogen-bond acceptors (Lipinski definition) is 7. The molecule has 0 unspecified atom stereocenters. The molecule has 1 rings (SSSR count). The zero-order valence-electron chi connectivity index (χ0n) is 20.1. The molecule has 0 aliphatic carbocycles. The van der Waals surface area contributed by atoms with Crippen LogP contribution in [0.15, 0.2) is 24.3 Å². The molecule has 0 radical (unpaired) electrons. The molecule has 0 saturated carbocycles. The van der Waals surface area contributed by atoms with Crippen LogP contribution < -0.4 is 32.2 Å². The van der Waals surface area contributed by atoms with Crippen LogP contribution in [-0.2, 0) is 30.4 Å². The molecule has 7 N–H and O–H groups in total. The van der Waals surface area contributed by atoms with Gasteiger partial charge in [-0.1, -0.05) is 19.1 Å². The summed E-state index contributed by atoms with van der Waals surface area (Å²) in [7, 11) is 0. The maximum atomic E-state index is 12.1. The first kappa shape index (κ1) is 28.6. The number of carbonyl (C=O) groups is 5. The third-order valence-electron chi connectivity index (χ3n) is 5.11. The van der Waals surface area contributed by atoms with Crippen LogP contribution in [0.4, 0.5) is 0 Å². The van der Waals surface area contributed by atoms with Crippen molar-refractivity contribution < 1.29 is 28.7 Å². The van der Waals surface area contributed by atoms with E-state index < -0.39 is 35.8 Å². The normalized spacial score (nSPS) is 14.1. The molecule has 1 aromatic rings. The lowest BCUT2D eigenvalue weighted by molar-refractivity contribution is -0.132. The topological polar surface area (TPSA) is 183 Å². The van der Waals surface area contributed by atoms with Gasteiger partial charge in [0.2, 0.25) is 23.6 Å². The molecule has 4 atom stereocenters. The lowest BCUT2D eigenvalue weighted by Crippen LogP contribution is -2.53. The molecule has 0 saturated heterocycles. The first-order valence-corrected chi connectivity index (χ1v) is 11.0. The van der Waals surface area contributed by atoms with Crippen molar-refractivity contribution >= 4 is 29.4 Å². The number of hydrogen-bond donors (Lipinski definition) is 5. The Morgan fingerprint density at radius 3 is 2.09 bits per heavy atom. The molecule has 0 fully saturated rings. The number of rotatable bonds is 14. The van der Waals surface area contributed by atoms with Gasteiger partial charge in [0.15, 0.2) is 5.78 Å². The number of amides is 4. The van der Waals surface area contributed by atoms with Gasteiger partial charge in [0.05, 0.1) is 25.0 Å². The van der Waals surface area contributed by atoms with Gasteiger partial charge in [-0.3, -0.25) is 24.0 Å². The van der Waals surface area contributed by atoms with E-state index in [0.29, 0.717) is 12.2 Å². The Hall–Kier alpha value is -3.47. The lowest BCUT2D eigenvalue weighted by atomic mass is 10.0. The lowest BCUT2D eigenvalue weighted by Gasteiger charge is -2.19. The van der Waals surface area contributed by atoms with Gasteiger partial charge in [0.1, 0.15) is 18.4 Å². The van der Waals surface area contributed by atoms with E-state index in [-0.39, 0.29) is 37.2 Å². The van der Waals surface area contributed by atoms with Gasteiger partial charge in [-0.2, -0.15) is 0 Å². The van der Waals surface area contributed by atoms with Crippen LogP contribution in [-0.4, -0.2) is 60.7 Å². The molecule has 0 aliphatic heterocycles. The summed E-state index contributed by atoms with van der Waals surface area (Å²) in [6.45, 7) is 6.51. The second-order valence-electron chi connectivity index (χ2n) is 8.23. The van der Waals surface area contributed by atoms with Crippen LogP contribution in [0.5, 0.6) is 5.75 Å². The van der Waals surface area contributed by atoms with Gasteiger partial charge in [0, 0.05) is 5.92 Å². The Morgan fingerprint density at radius 1 is 0.941 bits per heavy atom. The van der Waals surface area contributed by atoms with Crippen LogP contribution in [0, 0.1) is 5.92 Å². The van der Waals surface area contributed by atoms with E-state index in [1.807, 2.05) is 12.1 Å². The predicted octanol–water partition coefficient (Wildman–Crippen LogP) is -0.839. The Morgan fingerprint density at radius 2 is 1.53 bits per heavy atom. The number of primary amides is 1. The Balaban J connectivity index is 2.33. The molecule has 34 heavy (non-hydrogen) atoms. The summed E-state index contributed by atoms with van der Waals surface area (Å²) < 4.78 is 5.56. The van der Waals surface area contributed by atoms with Crippen molar-refractivity contribution in [2.45, 2.75) is 58.7 Å². The molecule has 0 aliphatic rings. The number of nitrogens with one attached hydrogen (secondary N) is 3. The average molecular weight is 478 g/mol. The summed E-state index contributed by atoms with van der Waals surface area (Å²) >= 11 is 0. The Bertz CT molecular complexity index is 873. The van der Waals surface area contributed by atoms with Crippen molar-refractivity contribution in [3.63, 3.8) is 0 Å². The zero-order chi connectivity index (χ0) is 25.8. The fraction of sp³-hybridized carbons (Fsp3) is 0.522. The van der Waals surface area contributed by atoms with E-state index in [0.717, 1.165) is 5.56 Å². The predicted molar refractivity (Wildman–Crippen MR) is 125 cm³/mol. The fourth-order valence-electron chi connectivity index (χ4n) is 2.73. The van der Waals surface area contributed by atoms with E-state index in [4.69, 9.17) is 16.2 Å². The van der Waals surface area contributed by atoms with Gasteiger partial charge < -0.3 is 32.2 Å². The molecule has 4 amide bonds. The third-order valence-corrected chi connectivity index (χ3v) is 5.11. The first-order valence-electron chi connectivity index (χ1n) is 11.0. The van der Waals surface area contributed by atoms with Gasteiger partial charge in [-0.25, -0.2) is 0 Å². The molecular formula is C23H35N5O6. The van der Waals surface area contributed by atoms with Gasteiger partial charge >= 0.3 is 0 Å². The van der Waals surface area contributed by atoms with Crippen LogP contribution in [0.3, 0.4) is 0 Å². The van der Waals surface area contributed by atoms with Crippen molar-refractivity contribution in [3.8, 4) is 5.75 Å². The van der Waals surface area contributed by atoms with Crippen molar-refractivity contribution in [3.05, 3.63) is 29.8 Å². The van der Waals surface area contributed by atoms with E-state index in [2.05, 4.69) is 16.0 Å². The highest BCUT2D eigenvalue weighted by Gasteiger charge is 2.23. The van der Waals surface area contributed by atoms with Crippen molar-refractivity contribution in [2.24, 2.45) is 17.4 Å². The zero-order valence-corrected chi connectivity index (χ0v) is 20.1. The molecular weight excluding hydrogens is 442 g/mol. The van der Waals surface area contributed by atoms with Gasteiger partial charge in [0.25, 0.3) is 0 Å². The Labute approximate surface area is 199 Å². The third kappa shape index (κ3) is 10.4. The Kier molecular flexibility index (Phi) is 11.7. The monoisotopic (exact) mass is 477 g/mol. The summed E-state index contributed by atoms with van der Waals surface area (Å²) in [5.74, 6) is -1.85. The maximum Gasteiger partial charge on any atom is 0.242 e. The van der Waals surface area contributed by atoms with Crippen LogP contribution in [0.2, 0.25) is 0 Å². The van der Waals surface area contributed by atoms with Crippen LogP contribution in [0.25, 0.3) is 0 Å². The molecule has 11 nitrogen and oxygen atoms in total. The van der Waals surface area contributed by atoms with E-state index >= 15 is 0 Å². The second-order valence-corrected chi connectivity index (χ2v) is 8.23. The van der Waals surface area contributed by atoms with E-state index in [1.54, 1.807) is 19.1 Å². The summed E-state index contributed by atoms with van der Waals surface area (Å²) in [4.78, 5) is 58.5. The SMILES string of the molecule is CC(=O)[C@@H](C)NC(=O)[C@H](C)NC(=O)[C@@H](N)CC(=O)NCCOc1ccc(C[C@H](C)C(N)=O)cc1. The highest BCUT2D eigenvalue weighted by molar-refractivity contribution is 5.94. The minimum Gasteiger partial charge on any atom is -0.492 e. The number of carbonyl (C=O) groups excluding carboxylic acids is 5. The minimum absolute atomic E-state index is 0.204. The molecule has 1 aromatic carbocycles.